The Bertz CT molecular complexity index is 773. The van der Waals surface area contributed by atoms with Gasteiger partial charge in [-0.25, -0.2) is 5.43 Å². The molecule has 0 aromatic heterocycles. The van der Waals surface area contributed by atoms with Crippen LogP contribution in [0.5, 0.6) is 5.75 Å². The highest BCUT2D eigenvalue weighted by molar-refractivity contribution is 6.39. The Morgan fingerprint density at radius 1 is 1.04 bits per heavy atom. The van der Waals surface area contributed by atoms with E-state index in [9.17, 15) is 9.59 Å². The van der Waals surface area contributed by atoms with Gasteiger partial charge in [-0.15, -0.1) is 0 Å². The molecular formula is C17H16ClN3O3. The SMILES string of the molecule is COc1ccccc1NC(=O)C(=O)N/N=C(\C)c1ccc(Cl)cc1. The van der Waals surface area contributed by atoms with Crippen molar-refractivity contribution in [3.8, 4) is 5.75 Å². The molecule has 0 atom stereocenters. The Balaban J connectivity index is 2.00. The normalized spacial score (nSPS) is 10.9. The second kappa shape index (κ2) is 8.12. The lowest BCUT2D eigenvalue weighted by Crippen LogP contribution is -2.33. The van der Waals surface area contributed by atoms with E-state index < -0.39 is 11.8 Å². The molecule has 0 fully saturated rings. The van der Waals surface area contributed by atoms with E-state index in [0.717, 1.165) is 5.56 Å². The van der Waals surface area contributed by atoms with E-state index in [1.807, 2.05) is 0 Å². The number of carbonyl (C=O) groups is 2. The first kappa shape index (κ1) is 17.5. The van der Waals surface area contributed by atoms with Gasteiger partial charge in [0, 0.05) is 5.02 Å². The molecule has 0 bridgehead atoms. The van der Waals surface area contributed by atoms with Crippen LogP contribution in [-0.4, -0.2) is 24.6 Å². The fourth-order valence-corrected chi connectivity index (χ4v) is 1.99. The number of halogens is 1. The first-order valence-electron chi connectivity index (χ1n) is 7.06. The predicted molar refractivity (Wildman–Crippen MR) is 93.4 cm³/mol. The van der Waals surface area contributed by atoms with Crippen molar-refractivity contribution in [1.82, 2.24) is 5.43 Å². The molecule has 0 heterocycles. The second-order valence-corrected chi connectivity index (χ2v) is 5.24. The maximum absolute atomic E-state index is 11.9. The molecule has 124 valence electrons. The topological polar surface area (TPSA) is 79.8 Å². The molecule has 24 heavy (non-hydrogen) atoms. The van der Waals surface area contributed by atoms with Crippen molar-refractivity contribution in [2.24, 2.45) is 5.10 Å². The lowest BCUT2D eigenvalue weighted by atomic mass is 10.1. The number of anilines is 1. The predicted octanol–water partition coefficient (Wildman–Crippen LogP) is 2.83. The summed E-state index contributed by atoms with van der Waals surface area (Å²) in [6.45, 7) is 1.71. The van der Waals surface area contributed by atoms with E-state index >= 15 is 0 Å². The number of nitrogens with zero attached hydrogens (tertiary/aromatic N) is 1. The lowest BCUT2D eigenvalue weighted by Gasteiger charge is -2.09. The van der Waals surface area contributed by atoms with E-state index in [2.05, 4.69) is 15.8 Å². The molecule has 2 N–H and O–H groups in total. The fraction of sp³-hybridized carbons (Fsp3) is 0.118. The maximum Gasteiger partial charge on any atom is 0.329 e. The highest BCUT2D eigenvalue weighted by atomic mass is 35.5. The molecule has 0 aliphatic rings. The summed E-state index contributed by atoms with van der Waals surface area (Å²) < 4.78 is 5.11. The standard InChI is InChI=1S/C17H16ClN3O3/c1-11(12-7-9-13(18)10-8-12)20-21-17(23)16(22)19-14-5-3-4-6-15(14)24-2/h3-10H,1-2H3,(H,19,22)(H,21,23)/b20-11+. The van der Waals surface area contributed by atoms with Gasteiger partial charge in [0.15, 0.2) is 0 Å². The van der Waals surface area contributed by atoms with Crippen LogP contribution in [0.15, 0.2) is 53.6 Å². The number of hydrogen-bond acceptors (Lipinski definition) is 4. The Kier molecular flexibility index (Phi) is 5.92. The van der Waals surface area contributed by atoms with Gasteiger partial charge in [-0.05, 0) is 36.8 Å². The average Bonchev–Trinajstić information content (AvgIpc) is 2.60. The van der Waals surface area contributed by atoms with Gasteiger partial charge in [0.2, 0.25) is 0 Å². The molecular weight excluding hydrogens is 330 g/mol. The van der Waals surface area contributed by atoms with Crippen LogP contribution >= 0.6 is 11.6 Å². The summed E-state index contributed by atoms with van der Waals surface area (Å²) >= 11 is 5.81. The number of rotatable bonds is 4. The van der Waals surface area contributed by atoms with Crippen LogP contribution < -0.4 is 15.5 Å². The van der Waals surface area contributed by atoms with Crippen LogP contribution in [0.3, 0.4) is 0 Å². The molecule has 2 amide bonds. The van der Waals surface area contributed by atoms with Crippen LogP contribution in [0.4, 0.5) is 5.69 Å². The number of hydrogen-bond donors (Lipinski definition) is 2. The van der Waals surface area contributed by atoms with Crippen LogP contribution in [0.25, 0.3) is 0 Å². The third kappa shape index (κ3) is 4.57. The minimum Gasteiger partial charge on any atom is -0.495 e. The van der Waals surface area contributed by atoms with Crippen molar-refractivity contribution < 1.29 is 14.3 Å². The highest BCUT2D eigenvalue weighted by Gasteiger charge is 2.15. The van der Waals surface area contributed by atoms with Gasteiger partial charge in [-0.2, -0.15) is 5.10 Å². The van der Waals surface area contributed by atoms with E-state index in [1.54, 1.807) is 55.5 Å². The van der Waals surface area contributed by atoms with Gasteiger partial charge in [-0.1, -0.05) is 35.9 Å². The minimum atomic E-state index is -0.880. The van der Waals surface area contributed by atoms with Crippen LogP contribution in [-0.2, 0) is 9.59 Å². The van der Waals surface area contributed by atoms with Gasteiger partial charge in [-0.3, -0.25) is 9.59 Å². The summed E-state index contributed by atoms with van der Waals surface area (Å²) in [6, 6.07) is 13.7. The molecule has 7 heteroatoms. The molecule has 0 saturated heterocycles. The molecule has 2 rings (SSSR count). The highest BCUT2D eigenvalue weighted by Crippen LogP contribution is 2.22. The van der Waals surface area contributed by atoms with Crippen molar-refractivity contribution in [2.45, 2.75) is 6.92 Å². The number of carbonyl (C=O) groups excluding carboxylic acids is 2. The largest absolute Gasteiger partial charge is 0.495 e. The number of hydrazone groups is 1. The molecule has 0 aliphatic carbocycles. The Morgan fingerprint density at radius 2 is 1.71 bits per heavy atom. The molecule has 2 aromatic carbocycles. The Hall–Kier alpha value is -2.86. The van der Waals surface area contributed by atoms with Crippen molar-refractivity contribution in [1.29, 1.82) is 0 Å². The third-order valence-corrected chi connectivity index (χ3v) is 3.40. The molecule has 6 nitrogen and oxygen atoms in total. The van der Waals surface area contributed by atoms with Crippen LogP contribution in [0, 0.1) is 0 Å². The summed E-state index contributed by atoms with van der Waals surface area (Å²) in [5.74, 6) is -1.26. The van der Waals surface area contributed by atoms with Gasteiger partial charge < -0.3 is 10.1 Å². The number of para-hydroxylation sites is 2. The second-order valence-electron chi connectivity index (χ2n) is 4.80. The monoisotopic (exact) mass is 345 g/mol. The van der Waals surface area contributed by atoms with E-state index in [4.69, 9.17) is 16.3 Å². The quantitative estimate of drug-likeness (QED) is 0.508. The summed E-state index contributed by atoms with van der Waals surface area (Å²) in [5, 5.41) is 6.98. The van der Waals surface area contributed by atoms with Gasteiger partial charge in [0.25, 0.3) is 0 Å². The number of ether oxygens (including phenoxy) is 1. The van der Waals surface area contributed by atoms with Crippen molar-refractivity contribution >= 4 is 34.8 Å². The van der Waals surface area contributed by atoms with E-state index in [1.165, 1.54) is 7.11 Å². The molecule has 2 aromatic rings. The zero-order valence-corrected chi connectivity index (χ0v) is 13.9. The van der Waals surface area contributed by atoms with Crippen molar-refractivity contribution in [3.05, 3.63) is 59.1 Å². The number of nitrogens with one attached hydrogen (secondary N) is 2. The third-order valence-electron chi connectivity index (χ3n) is 3.15. The lowest BCUT2D eigenvalue weighted by molar-refractivity contribution is -0.136. The molecule has 0 spiro atoms. The minimum absolute atomic E-state index is 0.401. The summed E-state index contributed by atoms with van der Waals surface area (Å²) in [7, 11) is 1.48. The van der Waals surface area contributed by atoms with E-state index in [0.29, 0.717) is 22.2 Å². The Labute approximate surface area is 144 Å². The summed E-state index contributed by atoms with van der Waals surface area (Å²) in [6.07, 6.45) is 0. The number of benzene rings is 2. The van der Waals surface area contributed by atoms with E-state index in [-0.39, 0.29) is 0 Å². The molecule has 0 saturated carbocycles. The average molecular weight is 346 g/mol. The molecule has 0 radical (unpaired) electrons. The summed E-state index contributed by atoms with van der Waals surface area (Å²) in [4.78, 5) is 23.8. The van der Waals surface area contributed by atoms with Crippen LogP contribution in [0.1, 0.15) is 12.5 Å². The van der Waals surface area contributed by atoms with Crippen molar-refractivity contribution in [2.75, 3.05) is 12.4 Å². The number of methoxy groups -OCH3 is 1. The molecule has 0 unspecified atom stereocenters. The zero-order chi connectivity index (χ0) is 17.5. The van der Waals surface area contributed by atoms with Crippen molar-refractivity contribution in [3.63, 3.8) is 0 Å². The first-order chi connectivity index (χ1) is 11.5. The fourth-order valence-electron chi connectivity index (χ4n) is 1.87. The smallest absolute Gasteiger partial charge is 0.329 e. The van der Waals surface area contributed by atoms with Gasteiger partial charge in [0.1, 0.15) is 5.75 Å². The van der Waals surface area contributed by atoms with Crippen LogP contribution in [0.2, 0.25) is 5.02 Å². The summed E-state index contributed by atoms with van der Waals surface area (Å²) in [5.41, 5.74) is 3.95. The zero-order valence-electron chi connectivity index (χ0n) is 13.2. The van der Waals surface area contributed by atoms with Gasteiger partial charge >= 0.3 is 11.8 Å². The molecule has 0 aliphatic heterocycles. The first-order valence-corrected chi connectivity index (χ1v) is 7.43. The van der Waals surface area contributed by atoms with Gasteiger partial charge in [0.05, 0.1) is 18.5 Å². The number of amides is 2. The maximum atomic E-state index is 11.9. The Morgan fingerprint density at radius 3 is 2.38 bits per heavy atom.